The lowest BCUT2D eigenvalue weighted by atomic mass is 10.1. The molecule has 0 unspecified atom stereocenters. The fraction of sp³-hybridized carbons (Fsp3) is 0.0714. The number of hydrogen-bond donors (Lipinski definition) is 1. The summed E-state index contributed by atoms with van der Waals surface area (Å²) in [6.07, 6.45) is 0. The Morgan fingerprint density at radius 3 is 2.65 bits per heavy atom. The number of amides is 1. The number of nitroso groups, excluding NO2 is 1. The summed E-state index contributed by atoms with van der Waals surface area (Å²) in [6, 6.07) is 10.1. The van der Waals surface area contributed by atoms with Crippen LogP contribution in [-0.4, -0.2) is 5.91 Å². The highest BCUT2D eigenvalue weighted by atomic mass is 35.5. The smallest absolute Gasteiger partial charge is 0.257 e. The molecule has 0 fully saturated rings. The second-order valence-electron chi connectivity index (χ2n) is 4.53. The van der Waals surface area contributed by atoms with Gasteiger partial charge >= 0.3 is 0 Å². The number of fused-ring (bicyclic) bond motifs is 2. The van der Waals surface area contributed by atoms with E-state index in [4.69, 9.17) is 11.6 Å². The van der Waals surface area contributed by atoms with Crippen LogP contribution in [0.4, 0.5) is 17.1 Å². The molecule has 2 aromatic rings. The second kappa shape index (κ2) is 4.61. The van der Waals surface area contributed by atoms with Crippen molar-refractivity contribution in [3.05, 3.63) is 57.5 Å². The van der Waals surface area contributed by atoms with Crippen molar-refractivity contribution in [3.63, 3.8) is 0 Å². The number of hydrogen-bond acceptors (Lipinski definition) is 3. The minimum atomic E-state index is -0.319. The molecule has 1 aliphatic rings. The maximum absolute atomic E-state index is 12.3. The van der Waals surface area contributed by atoms with Gasteiger partial charge in [0.05, 0.1) is 27.9 Å². The zero-order valence-corrected chi connectivity index (χ0v) is 11.3. The van der Waals surface area contributed by atoms with Crippen molar-refractivity contribution in [1.82, 2.24) is 0 Å². The topological polar surface area (TPSA) is 61.8 Å². The molecule has 5 nitrogen and oxygen atoms in total. The molecule has 3 rings (SSSR count). The van der Waals surface area contributed by atoms with Gasteiger partial charge in [-0.15, -0.1) is 4.91 Å². The van der Waals surface area contributed by atoms with Gasteiger partial charge in [0.15, 0.2) is 0 Å². The van der Waals surface area contributed by atoms with E-state index in [9.17, 15) is 9.70 Å². The molecule has 0 atom stereocenters. The van der Waals surface area contributed by atoms with Gasteiger partial charge in [0.25, 0.3) is 5.91 Å². The highest BCUT2D eigenvalue weighted by molar-refractivity contribution is 6.31. The van der Waals surface area contributed by atoms with Crippen molar-refractivity contribution in [2.45, 2.75) is 6.92 Å². The summed E-state index contributed by atoms with van der Waals surface area (Å²) in [7, 11) is 0. The lowest BCUT2D eigenvalue weighted by molar-refractivity contribution is 0.102. The van der Waals surface area contributed by atoms with Crippen molar-refractivity contribution in [2.75, 3.05) is 10.3 Å². The molecule has 20 heavy (non-hydrogen) atoms. The van der Waals surface area contributed by atoms with Crippen LogP contribution >= 0.6 is 11.6 Å². The van der Waals surface area contributed by atoms with Gasteiger partial charge in [-0.05, 0) is 42.8 Å². The van der Waals surface area contributed by atoms with Crippen LogP contribution in [0.1, 0.15) is 15.9 Å². The molecule has 0 radical (unpaired) electrons. The van der Waals surface area contributed by atoms with Crippen LogP contribution in [0.2, 0.25) is 5.02 Å². The number of benzene rings is 2. The third-order valence-electron chi connectivity index (χ3n) is 3.14. The molecule has 1 N–H and O–H groups in total. The normalized spacial score (nSPS) is 13.1. The summed E-state index contributed by atoms with van der Waals surface area (Å²) in [6.45, 7) is 1.90. The SMILES string of the molecule is Cc1ccc2c(c1)NC(=O)c1cc(Cl)ccc1N2N=O. The highest BCUT2D eigenvalue weighted by Crippen LogP contribution is 2.39. The van der Waals surface area contributed by atoms with E-state index in [1.807, 2.05) is 13.0 Å². The number of carbonyl (C=O) groups excluding carboxylic acids is 1. The van der Waals surface area contributed by atoms with Crippen LogP contribution in [0, 0.1) is 11.8 Å². The predicted octanol–water partition coefficient (Wildman–Crippen LogP) is 4.03. The van der Waals surface area contributed by atoms with E-state index in [0.29, 0.717) is 27.6 Å². The van der Waals surface area contributed by atoms with Crippen LogP contribution in [0.5, 0.6) is 0 Å². The minimum Gasteiger partial charge on any atom is -0.320 e. The molecule has 0 saturated heterocycles. The highest BCUT2D eigenvalue weighted by Gasteiger charge is 2.26. The number of carbonyl (C=O) groups is 1. The molecule has 0 aliphatic carbocycles. The van der Waals surface area contributed by atoms with E-state index in [0.717, 1.165) is 5.56 Å². The fourth-order valence-electron chi connectivity index (χ4n) is 2.22. The largest absolute Gasteiger partial charge is 0.320 e. The summed E-state index contributed by atoms with van der Waals surface area (Å²) >= 11 is 5.92. The van der Waals surface area contributed by atoms with Gasteiger partial charge < -0.3 is 5.32 Å². The van der Waals surface area contributed by atoms with Gasteiger partial charge in [0.1, 0.15) is 0 Å². The van der Waals surface area contributed by atoms with E-state index in [1.54, 1.807) is 24.3 Å². The predicted molar refractivity (Wildman–Crippen MR) is 78.5 cm³/mol. The van der Waals surface area contributed by atoms with Gasteiger partial charge in [0.2, 0.25) is 0 Å². The summed E-state index contributed by atoms with van der Waals surface area (Å²) in [5.41, 5.74) is 2.76. The van der Waals surface area contributed by atoms with Crippen LogP contribution in [0.3, 0.4) is 0 Å². The summed E-state index contributed by atoms with van der Waals surface area (Å²) in [4.78, 5) is 23.5. The van der Waals surface area contributed by atoms with Crippen LogP contribution in [0.25, 0.3) is 0 Å². The van der Waals surface area contributed by atoms with Crippen molar-refractivity contribution in [2.24, 2.45) is 5.29 Å². The van der Waals surface area contributed by atoms with Crippen molar-refractivity contribution in [1.29, 1.82) is 0 Å². The van der Waals surface area contributed by atoms with E-state index < -0.39 is 0 Å². The Morgan fingerprint density at radius 1 is 1.15 bits per heavy atom. The fourth-order valence-corrected chi connectivity index (χ4v) is 2.39. The lowest BCUT2D eigenvalue weighted by Gasteiger charge is -2.16. The molecule has 2 aromatic carbocycles. The summed E-state index contributed by atoms with van der Waals surface area (Å²) in [5.74, 6) is -0.319. The van der Waals surface area contributed by atoms with Crippen molar-refractivity contribution < 1.29 is 4.79 Å². The number of nitrogens with one attached hydrogen (secondary N) is 1. The molecule has 1 heterocycles. The summed E-state index contributed by atoms with van der Waals surface area (Å²) < 4.78 is 0. The first-order chi connectivity index (χ1) is 9.60. The Kier molecular flexibility index (Phi) is 2.91. The maximum atomic E-state index is 12.3. The first-order valence-electron chi connectivity index (χ1n) is 5.95. The molecule has 0 saturated carbocycles. The average molecular weight is 288 g/mol. The molecule has 100 valence electrons. The monoisotopic (exact) mass is 287 g/mol. The molecule has 1 aliphatic heterocycles. The zero-order chi connectivity index (χ0) is 14.3. The number of rotatable bonds is 1. The zero-order valence-electron chi connectivity index (χ0n) is 10.6. The van der Waals surface area contributed by atoms with Gasteiger partial charge in [0, 0.05) is 5.02 Å². The summed E-state index contributed by atoms with van der Waals surface area (Å²) in [5, 5.41) is 7.42. The van der Waals surface area contributed by atoms with Crippen molar-refractivity contribution in [3.8, 4) is 0 Å². The second-order valence-corrected chi connectivity index (χ2v) is 4.97. The molecular formula is C14H10ClN3O2. The first-order valence-corrected chi connectivity index (χ1v) is 6.33. The molecular weight excluding hydrogens is 278 g/mol. The maximum Gasteiger partial charge on any atom is 0.257 e. The lowest BCUT2D eigenvalue weighted by Crippen LogP contribution is -2.11. The number of anilines is 3. The molecule has 0 aromatic heterocycles. The molecule has 0 spiro atoms. The molecule has 1 amide bonds. The Morgan fingerprint density at radius 2 is 1.90 bits per heavy atom. The molecule has 6 heteroatoms. The van der Waals surface area contributed by atoms with Crippen molar-refractivity contribution >= 4 is 34.6 Å². The number of nitrogens with zero attached hydrogens (tertiary/aromatic N) is 2. The Labute approximate surface area is 120 Å². The Hall–Kier alpha value is -2.40. The number of halogens is 1. The van der Waals surface area contributed by atoms with E-state index >= 15 is 0 Å². The quantitative estimate of drug-likeness (QED) is 0.805. The minimum absolute atomic E-state index is 0.311. The Balaban J connectivity index is 2.28. The molecule has 0 bridgehead atoms. The third kappa shape index (κ3) is 1.92. The standard InChI is InChI=1S/C14H10ClN3O2/c1-8-2-4-13-11(6-8)16-14(19)10-7-9(15)3-5-12(10)18(13)17-20/h2-7H,1H3,(H,16,19). The number of aryl methyl sites for hydroxylation is 1. The van der Waals surface area contributed by atoms with Gasteiger partial charge in [-0.25, -0.2) is 0 Å². The van der Waals surface area contributed by atoms with Gasteiger partial charge in [-0.3, -0.25) is 4.79 Å². The van der Waals surface area contributed by atoms with Gasteiger partial charge in [-0.1, -0.05) is 17.7 Å². The van der Waals surface area contributed by atoms with Crippen LogP contribution in [-0.2, 0) is 0 Å². The van der Waals surface area contributed by atoms with E-state index in [1.165, 1.54) is 11.1 Å². The van der Waals surface area contributed by atoms with Crippen LogP contribution in [0.15, 0.2) is 41.7 Å². The van der Waals surface area contributed by atoms with Gasteiger partial charge in [-0.2, -0.15) is 5.01 Å². The van der Waals surface area contributed by atoms with E-state index in [-0.39, 0.29) is 5.91 Å². The van der Waals surface area contributed by atoms with Crippen LogP contribution < -0.4 is 10.3 Å². The van der Waals surface area contributed by atoms with E-state index in [2.05, 4.69) is 10.6 Å². The average Bonchev–Trinajstić information content (AvgIpc) is 2.53. The Bertz CT molecular complexity index is 730. The third-order valence-corrected chi connectivity index (χ3v) is 3.38. The first kappa shape index (κ1) is 12.6.